The number of nitriles is 1. The smallest absolute Gasteiger partial charge is 0.261 e. The van der Waals surface area contributed by atoms with E-state index in [1.807, 2.05) is 6.07 Å². The summed E-state index contributed by atoms with van der Waals surface area (Å²) in [7, 11) is 0. The number of rotatable bonds is 5. The maximum atomic E-state index is 12.8. The van der Waals surface area contributed by atoms with Crippen molar-refractivity contribution in [3.05, 3.63) is 27.5 Å². The Morgan fingerprint density at radius 2 is 2.28 bits per heavy atom. The minimum atomic E-state index is -0.582. The van der Waals surface area contributed by atoms with Gasteiger partial charge in [-0.15, -0.1) is 23.5 Å². The zero-order valence-electron chi connectivity index (χ0n) is 13.7. The average Bonchev–Trinajstić information content (AvgIpc) is 3.32. The van der Waals surface area contributed by atoms with Gasteiger partial charge >= 0.3 is 0 Å². The molecule has 0 bridgehead atoms. The molecule has 0 radical (unpaired) electrons. The van der Waals surface area contributed by atoms with Gasteiger partial charge in [0.25, 0.3) is 11.5 Å². The standard InChI is InChI=1S/C16H18N4O3S2/c1-24-15-10(5-17)4-11(13(21)19-15)16(23)20-8-25-7-12(20)14(22)18-6-9-2-3-9/h4,9,12H,2-3,6-8H2,1H3,(H,18,22)(H,19,21). The van der Waals surface area contributed by atoms with E-state index >= 15 is 0 Å². The average molecular weight is 378 g/mol. The van der Waals surface area contributed by atoms with Crippen LogP contribution in [0.15, 0.2) is 15.9 Å². The molecule has 1 aliphatic carbocycles. The summed E-state index contributed by atoms with van der Waals surface area (Å²) in [6.45, 7) is 0.642. The van der Waals surface area contributed by atoms with Crippen LogP contribution >= 0.6 is 23.5 Å². The Bertz CT molecular complexity index is 798. The van der Waals surface area contributed by atoms with Crippen LogP contribution in [0.5, 0.6) is 0 Å². The lowest BCUT2D eigenvalue weighted by atomic mass is 10.1. The van der Waals surface area contributed by atoms with E-state index in [9.17, 15) is 19.6 Å². The molecule has 1 aliphatic heterocycles. The molecule has 3 rings (SSSR count). The fourth-order valence-corrected chi connectivity index (χ4v) is 4.29. The number of pyridine rings is 1. The second-order valence-electron chi connectivity index (χ2n) is 6.05. The van der Waals surface area contributed by atoms with Crippen LogP contribution in [0.3, 0.4) is 0 Å². The van der Waals surface area contributed by atoms with Crippen LogP contribution in [0.1, 0.15) is 28.8 Å². The van der Waals surface area contributed by atoms with Crippen LogP contribution in [-0.2, 0) is 4.79 Å². The summed E-state index contributed by atoms with van der Waals surface area (Å²) in [5, 5.41) is 12.5. The third kappa shape index (κ3) is 3.85. The fraction of sp³-hybridized carbons (Fsp3) is 0.500. The molecule has 2 N–H and O–H groups in total. The van der Waals surface area contributed by atoms with E-state index in [0.717, 1.165) is 12.8 Å². The highest BCUT2D eigenvalue weighted by molar-refractivity contribution is 7.99. The van der Waals surface area contributed by atoms with Gasteiger partial charge < -0.3 is 15.2 Å². The maximum Gasteiger partial charge on any atom is 0.261 e. The van der Waals surface area contributed by atoms with Gasteiger partial charge in [0, 0.05) is 12.3 Å². The Hall–Kier alpha value is -1.92. The van der Waals surface area contributed by atoms with E-state index in [2.05, 4.69) is 10.3 Å². The number of aromatic amines is 1. The molecule has 1 atom stereocenters. The predicted octanol–water partition coefficient (Wildman–Crippen LogP) is 1.01. The predicted molar refractivity (Wildman–Crippen MR) is 96.6 cm³/mol. The molecule has 2 heterocycles. The van der Waals surface area contributed by atoms with Gasteiger partial charge in [0.05, 0.1) is 16.5 Å². The van der Waals surface area contributed by atoms with Crippen LogP contribution in [0.4, 0.5) is 0 Å². The number of nitrogens with zero attached hydrogens (tertiary/aromatic N) is 2. The van der Waals surface area contributed by atoms with Gasteiger partial charge in [0.1, 0.15) is 17.7 Å². The van der Waals surface area contributed by atoms with Gasteiger partial charge in [0.15, 0.2) is 0 Å². The molecule has 0 aromatic carbocycles. The lowest BCUT2D eigenvalue weighted by Gasteiger charge is -2.23. The van der Waals surface area contributed by atoms with Crippen molar-refractivity contribution in [1.82, 2.24) is 15.2 Å². The third-order valence-corrected chi connectivity index (χ3v) is 6.01. The van der Waals surface area contributed by atoms with Gasteiger partial charge in [-0.25, -0.2) is 0 Å². The number of aromatic nitrogens is 1. The molecule has 2 aliphatic rings. The Labute approximate surface area is 153 Å². The first-order chi connectivity index (χ1) is 12.0. The molecule has 1 unspecified atom stereocenters. The molecule has 25 heavy (non-hydrogen) atoms. The summed E-state index contributed by atoms with van der Waals surface area (Å²) in [4.78, 5) is 41.4. The van der Waals surface area contributed by atoms with E-state index in [0.29, 0.717) is 29.1 Å². The van der Waals surface area contributed by atoms with E-state index in [1.54, 1.807) is 6.26 Å². The molecular weight excluding hydrogens is 360 g/mol. The largest absolute Gasteiger partial charge is 0.354 e. The molecular formula is C16H18N4O3S2. The third-order valence-electron chi connectivity index (χ3n) is 4.27. The van der Waals surface area contributed by atoms with Crippen molar-refractivity contribution < 1.29 is 9.59 Å². The topological polar surface area (TPSA) is 106 Å². The van der Waals surface area contributed by atoms with Gasteiger partial charge in [-0.05, 0) is 31.1 Å². The highest BCUT2D eigenvalue weighted by Gasteiger charge is 2.36. The minimum absolute atomic E-state index is 0.100. The Balaban J connectivity index is 1.80. The number of thioether (sulfide) groups is 2. The molecule has 1 aromatic heterocycles. The summed E-state index contributed by atoms with van der Waals surface area (Å²) in [5.74, 6) is 0.729. The fourth-order valence-electron chi connectivity index (χ4n) is 2.62. The molecule has 7 nitrogen and oxygen atoms in total. The number of H-pyrrole nitrogens is 1. The van der Waals surface area contributed by atoms with Gasteiger partial charge in [-0.1, -0.05) is 0 Å². The molecule has 1 saturated heterocycles. The van der Waals surface area contributed by atoms with Crippen LogP contribution in [0.2, 0.25) is 0 Å². The normalized spacial score (nSPS) is 19.5. The second kappa shape index (κ2) is 7.54. The summed E-state index contributed by atoms with van der Waals surface area (Å²) in [6.07, 6.45) is 4.01. The molecule has 2 fully saturated rings. The summed E-state index contributed by atoms with van der Waals surface area (Å²) in [6, 6.07) is 2.72. The number of nitrogens with one attached hydrogen (secondary N) is 2. The number of amides is 2. The quantitative estimate of drug-likeness (QED) is 0.741. The number of carbonyl (C=O) groups is 2. The number of hydrogen-bond acceptors (Lipinski definition) is 6. The van der Waals surface area contributed by atoms with Crippen molar-refractivity contribution in [3.63, 3.8) is 0 Å². The van der Waals surface area contributed by atoms with E-state index in [-0.39, 0.29) is 17.0 Å². The van der Waals surface area contributed by atoms with Crippen LogP contribution in [0, 0.1) is 17.2 Å². The molecule has 132 valence electrons. The van der Waals surface area contributed by atoms with E-state index < -0.39 is 17.5 Å². The first kappa shape index (κ1) is 17.9. The van der Waals surface area contributed by atoms with Crippen molar-refractivity contribution in [1.29, 1.82) is 5.26 Å². The number of hydrogen-bond donors (Lipinski definition) is 2. The van der Waals surface area contributed by atoms with Gasteiger partial charge in [0.2, 0.25) is 5.91 Å². The maximum absolute atomic E-state index is 12.8. The van der Waals surface area contributed by atoms with Crippen molar-refractivity contribution in [3.8, 4) is 6.07 Å². The van der Waals surface area contributed by atoms with E-state index in [1.165, 1.54) is 34.5 Å². The molecule has 1 aromatic rings. The molecule has 2 amide bonds. The highest BCUT2D eigenvalue weighted by Crippen LogP contribution is 2.28. The van der Waals surface area contributed by atoms with Gasteiger partial charge in [-0.2, -0.15) is 5.26 Å². The van der Waals surface area contributed by atoms with Crippen molar-refractivity contribution >= 4 is 35.3 Å². The second-order valence-corrected chi connectivity index (χ2v) is 7.87. The van der Waals surface area contributed by atoms with Crippen molar-refractivity contribution in [2.75, 3.05) is 24.4 Å². The van der Waals surface area contributed by atoms with Crippen LogP contribution in [-0.4, -0.2) is 52.2 Å². The Morgan fingerprint density at radius 3 is 2.92 bits per heavy atom. The van der Waals surface area contributed by atoms with Crippen molar-refractivity contribution in [2.24, 2.45) is 5.92 Å². The van der Waals surface area contributed by atoms with Gasteiger partial charge in [-0.3, -0.25) is 14.4 Å². The van der Waals surface area contributed by atoms with E-state index in [4.69, 9.17) is 0 Å². The minimum Gasteiger partial charge on any atom is -0.354 e. The lowest BCUT2D eigenvalue weighted by Crippen LogP contribution is -2.48. The summed E-state index contributed by atoms with van der Waals surface area (Å²) >= 11 is 2.71. The summed E-state index contributed by atoms with van der Waals surface area (Å²) in [5.41, 5.74) is -0.392. The monoisotopic (exact) mass is 378 g/mol. The summed E-state index contributed by atoms with van der Waals surface area (Å²) < 4.78 is 0. The lowest BCUT2D eigenvalue weighted by molar-refractivity contribution is -0.124. The molecule has 0 spiro atoms. The van der Waals surface area contributed by atoms with Crippen LogP contribution in [0.25, 0.3) is 0 Å². The first-order valence-electron chi connectivity index (χ1n) is 7.93. The molecule has 1 saturated carbocycles. The Kier molecular flexibility index (Phi) is 5.39. The zero-order valence-corrected chi connectivity index (χ0v) is 15.3. The number of carbonyl (C=O) groups excluding carboxylic acids is 2. The van der Waals surface area contributed by atoms with Crippen molar-refractivity contribution in [2.45, 2.75) is 23.9 Å². The molecule has 9 heteroatoms. The Morgan fingerprint density at radius 1 is 1.52 bits per heavy atom. The zero-order chi connectivity index (χ0) is 18.0. The van der Waals surface area contributed by atoms with Crippen LogP contribution < -0.4 is 10.9 Å². The first-order valence-corrected chi connectivity index (χ1v) is 10.3. The SMILES string of the molecule is CSc1[nH]c(=O)c(C(=O)N2CSCC2C(=O)NCC2CC2)cc1C#N. The highest BCUT2D eigenvalue weighted by atomic mass is 32.2.